The van der Waals surface area contributed by atoms with E-state index in [0.717, 1.165) is 0 Å². The molecule has 0 saturated heterocycles. The smallest absolute Gasteiger partial charge is 0.296 e. The van der Waals surface area contributed by atoms with Crippen molar-refractivity contribution < 1.29 is 22.9 Å². The second-order valence-corrected chi connectivity index (χ2v) is 8.20. The number of phenolic OH excluding ortho intramolecular Hbond substituents is 1. The highest BCUT2D eigenvalue weighted by atomic mass is 32.2. The normalized spacial score (nSPS) is 11.7. The van der Waals surface area contributed by atoms with Crippen molar-refractivity contribution in [1.29, 1.82) is 0 Å². The van der Waals surface area contributed by atoms with Gasteiger partial charge in [0.15, 0.2) is 5.75 Å². The zero-order valence-electron chi connectivity index (χ0n) is 16.5. The molecule has 3 N–H and O–H groups in total. The van der Waals surface area contributed by atoms with E-state index in [2.05, 4.69) is 15.5 Å². The molecule has 0 aromatic heterocycles. The maximum Gasteiger partial charge on any atom is 0.296 e. The number of nitrogens with one attached hydrogen (secondary N) is 1. The topological polar surface area (TPSA) is 128 Å². The average molecular weight is 447 g/mol. The predicted octanol–water partition coefficient (Wildman–Crippen LogP) is 5.46. The number of rotatable bonds is 5. The van der Waals surface area contributed by atoms with Crippen LogP contribution in [0.4, 0.5) is 17.1 Å². The fourth-order valence-corrected chi connectivity index (χ4v) is 3.80. The first-order chi connectivity index (χ1) is 15.3. The van der Waals surface area contributed by atoms with Crippen LogP contribution in [0.2, 0.25) is 0 Å². The number of fused-ring (bicyclic) bond motifs is 1. The van der Waals surface area contributed by atoms with Crippen molar-refractivity contribution in [3.05, 3.63) is 90.5 Å². The number of anilines is 1. The number of nitrogens with zero attached hydrogens (tertiary/aromatic N) is 2. The molecular weight excluding hydrogens is 430 g/mol. The van der Waals surface area contributed by atoms with Crippen LogP contribution in [-0.2, 0) is 10.1 Å². The lowest BCUT2D eigenvalue weighted by Crippen LogP contribution is -2.12. The fraction of sp³-hybridized carbons (Fsp3) is 0. The second kappa shape index (κ2) is 8.58. The summed E-state index contributed by atoms with van der Waals surface area (Å²) < 4.78 is 32.6. The van der Waals surface area contributed by atoms with Gasteiger partial charge in [-0.3, -0.25) is 9.35 Å². The molecule has 0 heterocycles. The number of amides is 1. The molecule has 160 valence electrons. The second-order valence-electron chi connectivity index (χ2n) is 6.81. The summed E-state index contributed by atoms with van der Waals surface area (Å²) in [6.07, 6.45) is 0. The monoisotopic (exact) mass is 447 g/mol. The van der Waals surface area contributed by atoms with Gasteiger partial charge in [-0.25, -0.2) is 0 Å². The largest absolute Gasteiger partial charge is 0.505 e. The maximum atomic E-state index is 12.8. The molecule has 0 radical (unpaired) electrons. The number of hydrogen-bond acceptors (Lipinski definition) is 6. The van der Waals surface area contributed by atoms with E-state index in [-0.39, 0.29) is 16.9 Å². The van der Waals surface area contributed by atoms with E-state index in [1.165, 1.54) is 30.3 Å². The molecule has 0 bridgehead atoms. The lowest BCUT2D eigenvalue weighted by molar-refractivity contribution is 0.102. The first kappa shape index (κ1) is 21.2. The molecule has 0 saturated carbocycles. The first-order valence-electron chi connectivity index (χ1n) is 9.44. The van der Waals surface area contributed by atoms with Crippen LogP contribution in [0.25, 0.3) is 10.8 Å². The Kier molecular flexibility index (Phi) is 5.67. The minimum absolute atomic E-state index is 0.00791. The Balaban J connectivity index is 1.82. The Hall–Kier alpha value is -4.08. The van der Waals surface area contributed by atoms with E-state index in [4.69, 9.17) is 0 Å². The maximum absolute atomic E-state index is 12.8. The van der Waals surface area contributed by atoms with Gasteiger partial charge in [-0.15, -0.1) is 10.2 Å². The summed E-state index contributed by atoms with van der Waals surface area (Å²) in [6, 6.07) is 22.8. The van der Waals surface area contributed by atoms with E-state index in [0.29, 0.717) is 16.5 Å². The molecule has 0 aliphatic rings. The van der Waals surface area contributed by atoms with Crippen LogP contribution in [0.3, 0.4) is 0 Å². The molecule has 0 spiro atoms. The number of carbonyl (C=O) groups excluding carboxylic acids is 1. The Bertz CT molecular complexity index is 1450. The molecule has 9 heteroatoms. The quantitative estimate of drug-likeness (QED) is 0.276. The van der Waals surface area contributed by atoms with Crippen LogP contribution in [0.15, 0.2) is 100 Å². The molecule has 8 nitrogen and oxygen atoms in total. The SMILES string of the molecule is O=C(Nc1ccccc1)c1cc2ccccc2c(N=Nc2ccccc2S(=O)(=O)O)c1O. The van der Waals surface area contributed by atoms with Gasteiger partial charge in [0, 0.05) is 11.1 Å². The van der Waals surface area contributed by atoms with Gasteiger partial charge in [0.1, 0.15) is 16.3 Å². The van der Waals surface area contributed by atoms with Crippen LogP contribution in [0.1, 0.15) is 10.4 Å². The summed E-state index contributed by atoms with van der Waals surface area (Å²) in [7, 11) is -4.53. The van der Waals surface area contributed by atoms with Gasteiger partial charge in [-0.1, -0.05) is 54.6 Å². The molecule has 0 aliphatic carbocycles. The number of aromatic hydroxyl groups is 1. The van der Waals surface area contributed by atoms with Crippen molar-refractivity contribution in [2.45, 2.75) is 4.90 Å². The van der Waals surface area contributed by atoms with E-state index in [1.54, 1.807) is 48.5 Å². The number of phenols is 1. The molecule has 4 aromatic rings. The molecule has 32 heavy (non-hydrogen) atoms. The Morgan fingerprint density at radius 3 is 2.25 bits per heavy atom. The molecule has 0 unspecified atom stereocenters. The number of para-hydroxylation sites is 1. The van der Waals surface area contributed by atoms with E-state index < -0.39 is 26.7 Å². The predicted molar refractivity (Wildman–Crippen MR) is 120 cm³/mol. The van der Waals surface area contributed by atoms with Crippen molar-refractivity contribution in [2.24, 2.45) is 10.2 Å². The zero-order valence-corrected chi connectivity index (χ0v) is 17.3. The summed E-state index contributed by atoms with van der Waals surface area (Å²) >= 11 is 0. The van der Waals surface area contributed by atoms with Crippen LogP contribution >= 0.6 is 0 Å². The van der Waals surface area contributed by atoms with Gasteiger partial charge in [0.2, 0.25) is 0 Å². The summed E-state index contributed by atoms with van der Waals surface area (Å²) in [5.41, 5.74) is 0.406. The third kappa shape index (κ3) is 4.34. The number of hydrogen-bond donors (Lipinski definition) is 3. The molecule has 4 aromatic carbocycles. The van der Waals surface area contributed by atoms with Gasteiger partial charge < -0.3 is 10.4 Å². The average Bonchev–Trinajstić information content (AvgIpc) is 2.78. The highest BCUT2D eigenvalue weighted by Crippen LogP contribution is 2.40. The van der Waals surface area contributed by atoms with Gasteiger partial charge in [0.05, 0.1) is 5.56 Å². The number of azo groups is 1. The number of benzene rings is 4. The molecule has 4 rings (SSSR count). The zero-order chi connectivity index (χ0) is 22.7. The van der Waals surface area contributed by atoms with Crippen LogP contribution in [0, 0.1) is 0 Å². The number of carbonyl (C=O) groups is 1. The van der Waals surface area contributed by atoms with E-state index in [1.807, 2.05) is 6.07 Å². The molecular formula is C23H17N3O5S. The Morgan fingerprint density at radius 1 is 0.844 bits per heavy atom. The Morgan fingerprint density at radius 2 is 1.50 bits per heavy atom. The Labute approximate surface area is 183 Å². The van der Waals surface area contributed by atoms with Crippen LogP contribution in [-0.4, -0.2) is 24.0 Å². The van der Waals surface area contributed by atoms with Gasteiger partial charge in [-0.2, -0.15) is 8.42 Å². The van der Waals surface area contributed by atoms with Crippen LogP contribution < -0.4 is 5.32 Å². The highest BCUT2D eigenvalue weighted by molar-refractivity contribution is 7.86. The minimum atomic E-state index is -4.53. The van der Waals surface area contributed by atoms with Gasteiger partial charge >= 0.3 is 0 Å². The lowest BCUT2D eigenvalue weighted by atomic mass is 10.0. The fourth-order valence-electron chi connectivity index (χ4n) is 3.17. The summed E-state index contributed by atoms with van der Waals surface area (Å²) in [5, 5.41) is 22.7. The van der Waals surface area contributed by atoms with E-state index >= 15 is 0 Å². The molecule has 0 aliphatic heterocycles. The van der Waals surface area contributed by atoms with Gasteiger partial charge in [0.25, 0.3) is 16.0 Å². The van der Waals surface area contributed by atoms with Crippen molar-refractivity contribution in [3.63, 3.8) is 0 Å². The van der Waals surface area contributed by atoms with Crippen molar-refractivity contribution in [1.82, 2.24) is 0 Å². The first-order valence-corrected chi connectivity index (χ1v) is 10.9. The third-order valence-electron chi connectivity index (χ3n) is 4.67. The molecule has 0 atom stereocenters. The van der Waals surface area contributed by atoms with Crippen molar-refractivity contribution >= 4 is 43.9 Å². The van der Waals surface area contributed by atoms with Crippen molar-refractivity contribution in [3.8, 4) is 5.75 Å². The van der Waals surface area contributed by atoms with Crippen LogP contribution in [0.5, 0.6) is 5.75 Å². The molecule has 0 fully saturated rings. The third-order valence-corrected chi connectivity index (χ3v) is 5.57. The minimum Gasteiger partial charge on any atom is -0.505 e. The van der Waals surface area contributed by atoms with Crippen molar-refractivity contribution in [2.75, 3.05) is 5.32 Å². The standard InChI is InChI=1S/C23H17N3O5S/c27-22-18(23(28)24-16-9-2-1-3-10-16)14-15-8-4-5-11-17(15)21(22)26-25-19-12-6-7-13-20(19)32(29,30)31/h1-14,27H,(H,24,28)(H,29,30,31). The summed E-state index contributed by atoms with van der Waals surface area (Å²) in [6.45, 7) is 0. The van der Waals surface area contributed by atoms with E-state index in [9.17, 15) is 22.9 Å². The van der Waals surface area contributed by atoms with Gasteiger partial charge in [-0.05, 0) is 35.7 Å². The molecule has 1 amide bonds. The lowest BCUT2D eigenvalue weighted by Gasteiger charge is -2.11. The summed E-state index contributed by atoms with van der Waals surface area (Å²) in [5.74, 6) is -0.959. The highest BCUT2D eigenvalue weighted by Gasteiger charge is 2.19. The summed E-state index contributed by atoms with van der Waals surface area (Å²) in [4.78, 5) is 12.4.